The number of non-ortho nitro benzene ring substituents is 2. The van der Waals surface area contributed by atoms with Crippen molar-refractivity contribution >= 4 is 34.7 Å². The lowest BCUT2D eigenvalue weighted by Gasteiger charge is -2.19. The van der Waals surface area contributed by atoms with Crippen molar-refractivity contribution < 1.29 is 28.9 Å². The van der Waals surface area contributed by atoms with Crippen molar-refractivity contribution in [1.29, 1.82) is 0 Å². The van der Waals surface area contributed by atoms with Gasteiger partial charge in [-0.1, -0.05) is 12.1 Å². The molecule has 0 bridgehead atoms. The number of anilines is 2. The largest absolute Gasteiger partial charge is 0.460 e. The predicted octanol–water partition coefficient (Wildman–Crippen LogP) is 4.09. The number of ether oxygens (including phenoxy) is 2. The lowest BCUT2D eigenvalue weighted by atomic mass is 10.1. The van der Waals surface area contributed by atoms with E-state index in [-0.39, 0.29) is 35.7 Å². The maximum absolute atomic E-state index is 12.7. The molecule has 3 aromatic rings. The molecule has 0 aliphatic heterocycles. The molecule has 12 nitrogen and oxygen atoms in total. The summed E-state index contributed by atoms with van der Waals surface area (Å²) < 4.78 is 10.7. The van der Waals surface area contributed by atoms with E-state index in [4.69, 9.17) is 9.47 Å². The Balaban J connectivity index is 1.51. The molecule has 0 radical (unpaired) electrons. The maximum Gasteiger partial charge on any atom is 0.339 e. The van der Waals surface area contributed by atoms with Crippen molar-refractivity contribution in [3.8, 4) is 0 Å². The van der Waals surface area contributed by atoms with Crippen molar-refractivity contribution in [3.05, 3.63) is 104 Å². The summed E-state index contributed by atoms with van der Waals surface area (Å²) in [6.07, 6.45) is 0. The van der Waals surface area contributed by atoms with Gasteiger partial charge in [-0.3, -0.25) is 20.2 Å². The lowest BCUT2D eigenvalue weighted by Crippen LogP contribution is -2.25. The number of carbonyl (C=O) groups is 2. The fraction of sp³-hybridized carbons (Fsp3) is 0.231. The normalized spacial score (nSPS) is 10.4. The molecule has 198 valence electrons. The third-order valence-corrected chi connectivity index (χ3v) is 5.69. The van der Waals surface area contributed by atoms with E-state index in [2.05, 4.69) is 0 Å². The molecular formula is C26H26N4O8. The fourth-order valence-electron chi connectivity index (χ4n) is 3.46. The molecule has 0 aromatic heterocycles. The first-order valence-electron chi connectivity index (χ1n) is 11.5. The third-order valence-electron chi connectivity index (χ3n) is 5.69. The number of benzene rings is 3. The van der Waals surface area contributed by atoms with E-state index >= 15 is 0 Å². The van der Waals surface area contributed by atoms with Crippen LogP contribution in [0.1, 0.15) is 20.7 Å². The van der Waals surface area contributed by atoms with Gasteiger partial charge in [0.05, 0.1) is 34.1 Å². The van der Waals surface area contributed by atoms with Gasteiger partial charge >= 0.3 is 11.9 Å². The Morgan fingerprint density at radius 3 is 1.32 bits per heavy atom. The summed E-state index contributed by atoms with van der Waals surface area (Å²) in [5.74, 6) is -1.37. The topological polar surface area (TPSA) is 145 Å². The first-order chi connectivity index (χ1) is 18.2. The lowest BCUT2D eigenvalue weighted by molar-refractivity contribution is -0.385. The molecule has 38 heavy (non-hydrogen) atoms. The number of nitrogens with zero attached hydrogens (tertiary/aromatic N) is 4. The summed E-state index contributed by atoms with van der Waals surface area (Å²) in [7, 11) is 3.52. The molecule has 0 saturated carbocycles. The second-order valence-corrected chi connectivity index (χ2v) is 8.21. The van der Waals surface area contributed by atoms with Crippen LogP contribution in [0.25, 0.3) is 0 Å². The Morgan fingerprint density at radius 1 is 0.658 bits per heavy atom. The first-order valence-corrected chi connectivity index (χ1v) is 11.5. The minimum atomic E-state index is -0.683. The minimum Gasteiger partial charge on any atom is -0.460 e. The zero-order valence-corrected chi connectivity index (χ0v) is 20.8. The Bertz CT molecular complexity index is 1190. The number of rotatable bonds is 12. The molecule has 0 amide bonds. The molecule has 0 fully saturated rings. The Morgan fingerprint density at radius 2 is 1.00 bits per heavy atom. The van der Waals surface area contributed by atoms with Gasteiger partial charge in [0.2, 0.25) is 0 Å². The Labute approximate surface area is 218 Å². The highest BCUT2D eigenvalue weighted by atomic mass is 16.6. The van der Waals surface area contributed by atoms with Gasteiger partial charge in [0.25, 0.3) is 11.4 Å². The zero-order chi connectivity index (χ0) is 27.7. The molecule has 0 heterocycles. The van der Waals surface area contributed by atoms with E-state index in [0.717, 1.165) is 0 Å². The van der Waals surface area contributed by atoms with Crippen molar-refractivity contribution in [2.45, 2.75) is 0 Å². The standard InChI is InChI=1S/C26H26N4O8/c1-27(19-7-11-21(12-8-19)29(33)34)15-17-37-25(31)23-5-3-4-6-24(23)26(32)38-18-16-28(2)20-9-13-22(14-10-20)30(35)36/h3-14H,15-18H2,1-2H3. The summed E-state index contributed by atoms with van der Waals surface area (Å²) in [5, 5.41) is 21.6. The number of esters is 2. The van der Waals surface area contributed by atoms with Crippen LogP contribution in [0.4, 0.5) is 22.7 Å². The number of nitro benzene ring substituents is 2. The van der Waals surface area contributed by atoms with E-state index < -0.39 is 21.8 Å². The highest BCUT2D eigenvalue weighted by Crippen LogP contribution is 2.19. The van der Waals surface area contributed by atoms with Crippen LogP contribution in [-0.4, -0.2) is 62.2 Å². The average molecular weight is 523 g/mol. The van der Waals surface area contributed by atoms with Crippen molar-refractivity contribution in [3.63, 3.8) is 0 Å². The maximum atomic E-state index is 12.7. The predicted molar refractivity (Wildman–Crippen MR) is 140 cm³/mol. The van der Waals surface area contributed by atoms with Crippen LogP contribution in [0, 0.1) is 20.2 Å². The fourth-order valence-corrected chi connectivity index (χ4v) is 3.46. The summed E-state index contributed by atoms with van der Waals surface area (Å²) in [5.41, 5.74) is 1.53. The van der Waals surface area contributed by atoms with Gasteiger partial charge in [-0.25, -0.2) is 9.59 Å². The van der Waals surface area contributed by atoms with Gasteiger partial charge in [0.1, 0.15) is 13.2 Å². The van der Waals surface area contributed by atoms with Crippen LogP contribution in [-0.2, 0) is 9.47 Å². The van der Waals surface area contributed by atoms with Gasteiger partial charge in [0, 0.05) is 49.7 Å². The van der Waals surface area contributed by atoms with Crippen LogP contribution in [0.15, 0.2) is 72.8 Å². The van der Waals surface area contributed by atoms with Crippen LogP contribution >= 0.6 is 0 Å². The summed E-state index contributed by atoms with van der Waals surface area (Å²) in [6, 6.07) is 18.1. The van der Waals surface area contributed by atoms with E-state index in [1.165, 1.54) is 36.4 Å². The smallest absolute Gasteiger partial charge is 0.339 e. The SMILES string of the molecule is CN(CCOC(=O)c1ccccc1C(=O)OCCN(C)c1ccc([N+](=O)[O-])cc1)c1ccc([N+](=O)[O-])cc1. The average Bonchev–Trinajstić information content (AvgIpc) is 2.92. The summed E-state index contributed by atoms with van der Waals surface area (Å²) in [4.78, 5) is 49.5. The second-order valence-electron chi connectivity index (χ2n) is 8.21. The Hall–Kier alpha value is -5.00. The van der Waals surface area contributed by atoms with Crippen LogP contribution in [0.5, 0.6) is 0 Å². The first kappa shape index (κ1) is 27.6. The molecule has 0 saturated heterocycles. The van der Waals surface area contributed by atoms with Gasteiger partial charge in [0.15, 0.2) is 0 Å². The number of carbonyl (C=O) groups excluding carboxylic acids is 2. The molecule has 0 unspecified atom stereocenters. The van der Waals surface area contributed by atoms with E-state index in [0.29, 0.717) is 24.5 Å². The monoisotopic (exact) mass is 522 g/mol. The van der Waals surface area contributed by atoms with Crippen LogP contribution in [0.3, 0.4) is 0 Å². The van der Waals surface area contributed by atoms with E-state index in [9.17, 15) is 29.8 Å². The highest BCUT2D eigenvalue weighted by Gasteiger charge is 2.19. The van der Waals surface area contributed by atoms with Crippen LogP contribution in [0.2, 0.25) is 0 Å². The van der Waals surface area contributed by atoms with E-state index in [1.807, 2.05) is 0 Å². The number of likely N-dealkylation sites (N-methyl/N-ethyl adjacent to an activating group) is 2. The summed E-state index contributed by atoms with van der Waals surface area (Å²) >= 11 is 0. The molecule has 3 aromatic carbocycles. The van der Waals surface area contributed by atoms with Gasteiger partial charge in [-0.05, 0) is 36.4 Å². The van der Waals surface area contributed by atoms with Gasteiger partial charge in [-0.2, -0.15) is 0 Å². The molecule has 0 atom stereocenters. The second kappa shape index (κ2) is 12.8. The molecule has 12 heteroatoms. The molecule has 3 rings (SSSR count). The number of hydrogen-bond acceptors (Lipinski definition) is 10. The Kier molecular flexibility index (Phi) is 9.30. The van der Waals surface area contributed by atoms with E-state index in [1.54, 1.807) is 60.3 Å². The highest BCUT2D eigenvalue weighted by molar-refractivity contribution is 6.03. The number of nitro groups is 2. The number of hydrogen-bond donors (Lipinski definition) is 0. The zero-order valence-electron chi connectivity index (χ0n) is 20.8. The van der Waals surface area contributed by atoms with Crippen molar-refractivity contribution in [2.24, 2.45) is 0 Å². The summed E-state index contributed by atoms with van der Waals surface area (Å²) in [6.45, 7) is 0.696. The molecular weight excluding hydrogens is 496 g/mol. The van der Waals surface area contributed by atoms with Crippen molar-refractivity contribution in [1.82, 2.24) is 0 Å². The van der Waals surface area contributed by atoms with Crippen LogP contribution < -0.4 is 9.80 Å². The molecule has 0 spiro atoms. The van der Waals surface area contributed by atoms with Crippen molar-refractivity contribution in [2.75, 3.05) is 50.2 Å². The quantitative estimate of drug-likeness (QED) is 0.194. The molecule has 0 aliphatic carbocycles. The van der Waals surface area contributed by atoms with Gasteiger partial charge in [-0.15, -0.1) is 0 Å². The minimum absolute atomic E-state index is 0.0185. The molecule has 0 aliphatic rings. The van der Waals surface area contributed by atoms with Gasteiger partial charge < -0.3 is 19.3 Å². The molecule has 0 N–H and O–H groups in total. The third kappa shape index (κ3) is 7.26.